The summed E-state index contributed by atoms with van der Waals surface area (Å²) < 4.78 is 0. The molecule has 2 aliphatic carbocycles. The van der Waals surface area contributed by atoms with Gasteiger partial charge in [0.2, 0.25) is 0 Å². The van der Waals surface area contributed by atoms with Gasteiger partial charge in [-0.3, -0.25) is 0 Å². The average molecular weight is 148 g/mol. The molecule has 0 aromatic heterocycles. The zero-order chi connectivity index (χ0) is 7.73. The number of hydrogen-bond acceptors (Lipinski definition) is 0. The standard InChI is InChI=1S/C10H17B/c11-9-4-7-10(8-9)5-2-1-3-6-10/h9H,1-8H2. The van der Waals surface area contributed by atoms with Crippen molar-refractivity contribution < 1.29 is 0 Å². The molecular weight excluding hydrogens is 131 g/mol. The summed E-state index contributed by atoms with van der Waals surface area (Å²) in [6, 6.07) is 0. The van der Waals surface area contributed by atoms with Crippen molar-refractivity contribution in [1.82, 2.24) is 0 Å². The van der Waals surface area contributed by atoms with Gasteiger partial charge in [0.15, 0.2) is 0 Å². The van der Waals surface area contributed by atoms with E-state index in [1.54, 1.807) is 0 Å². The van der Waals surface area contributed by atoms with Gasteiger partial charge in [-0.1, -0.05) is 37.9 Å². The van der Waals surface area contributed by atoms with Crippen LogP contribution in [0, 0.1) is 5.41 Å². The van der Waals surface area contributed by atoms with Crippen molar-refractivity contribution in [2.24, 2.45) is 5.41 Å². The van der Waals surface area contributed by atoms with Crippen LogP contribution in [0.25, 0.3) is 0 Å². The fourth-order valence-electron chi connectivity index (χ4n) is 3.01. The largest absolute Gasteiger partial charge is 0.0768 e. The molecule has 0 N–H and O–H groups in total. The second-order valence-corrected chi connectivity index (χ2v) is 4.56. The summed E-state index contributed by atoms with van der Waals surface area (Å²) in [6.07, 6.45) is 11.4. The Balaban J connectivity index is 1.98. The minimum absolute atomic E-state index is 0.535. The third kappa shape index (κ3) is 1.48. The molecule has 11 heavy (non-hydrogen) atoms. The van der Waals surface area contributed by atoms with Crippen molar-refractivity contribution in [2.45, 2.75) is 57.2 Å². The minimum atomic E-state index is 0.535. The molecule has 1 spiro atoms. The molecule has 0 nitrogen and oxygen atoms in total. The zero-order valence-electron chi connectivity index (χ0n) is 7.31. The fraction of sp³-hybridized carbons (Fsp3) is 1.00. The van der Waals surface area contributed by atoms with Gasteiger partial charge in [0, 0.05) is 0 Å². The SMILES string of the molecule is [B]C1CCC2(CCCCC2)C1. The molecule has 0 heterocycles. The Hall–Kier alpha value is 0.0649. The van der Waals surface area contributed by atoms with Crippen LogP contribution in [0.1, 0.15) is 51.4 Å². The Bertz CT molecular complexity index is 130. The second-order valence-electron chi connectivity index (χ2n) is 4.56. The van der Waals surface area contributed by atoms with Crippen LogP contribution >= 0.6 is 0 Å². The van der Waals surface area contributed by atoms with Gasteiger partial charge in [0.1, 0.15) is 0 Å². The lowest BCUT2D eigenvalue weighted by Gasteiger charge is -2.33. The summed E-state index contributed by atoms with van der Waals surface area (Å²) in [4.78, 5) is 0. The molecule has 2 saturated carbocycles. The lowest BCUT2D eigenvalue weighted by Crippen LogP contribution is -2.19. The van der Waals surface area contributed by atoms with Crippen molar-refractivity contribution in [3.8, 4) is 0 Å². The first-order chi connectivity index (χ1) is 5.31. The summed E-state index contributed by atoms with van der Waals surface area (Å²) in [5, 5.41) is 0. The molecular formula is C10H17B. The van der Waals surface area contributed by atoms with Gasteiger partial charge in [0.05, 0.1) is 7.85 Å². The van der Waals surface area contributed by atoms with Gasteiger partial charge in [-0.05, 0) is 24.7 Å². The maximum Gasteiger partial charge on any atom is 0.0699 e. The monoisotopic (exact) mass is 148 g/mol. The molecule has 1 atom stereocenters. The van der Waals surface area contributed by atoms with E-state index in [2.05, 4.69) is 0 Å². The summed E-state index contributed by atoms with van der Waals surface area (Å²) >= 11 is 0. The van der Waals surface area contributed by atoms with Gasteiger partial charge in [-0.2, -0.15) is 0 Å². The Morgan fingerprint density at radius 3 is 2.27 bits per heavy atom. The molecule has 0 saturated heterocycles. The smallest absolute Gasteiger partial charge is 0.0699 e. The van der Waals surface area contributed by atoms with E-state index in [1.165, 1.54) is 51.4 Å². The fourth-order valence-corrected chi connectivity index (χ4v) is 3.01. The Labute approximate surface area is 71.2 Å². The molecule has 0 bridgehead atoms. The van der Waals surface area contributed by atoms with Gasteiger partial charge in [-0.25, -0.2) is 0 Å². The van der Waals surface area contributed by atoms with E-state index >= 15 is 0 Å². The molecule has 1 heteroatoms. The second kappa shape index (κ2) is 2.84. The van der Waals surface area contributed by atoms with Crippen LogP contribution < -0.4 is 0 Å². The molecule has 0 aromatic rings. The van der Waals surface area contributed by atoms with E-state index in [1.807, 2.05) is 0 Å². The predicted octanol–water partition coefficient (Wildman–Crippen LogP) is 3.08. The molecule has 2 rings (SSSR count). The van der Waals surface area contributed by atoms with Crippen molar-refractivity contribution >= 4 is 7.85 Å². The number of rotatable bonds is 0. The van der Waals surface area contributed by atoms with Gasteiger partial charge < -0.3 is 0 Å². The highest BCUT2D eigenvalue weighted by atomic mass is 14.4. The van der Waals surface area contributed by atoms with Crippen molar-refractivity contribution in [2.75, 3.05) is 0 Å². The van der Waals surface area contributed by atoms with E-state index in [-0.39, 0.29) is 0 Å². The van der Waals surface area contributed by atoms with E-state index in [9.17, 15) is 0 Å². The highest BCUT2D eigenvalue weighted by molar-refractivity contribution is 6.11. The van der Waals surface area contributed by atoms with Crippen molar-refractivity contribution in [3.63, 3.8) is 0 Å². The van der Waals surface area contributed by atoms with Crippen LogP contribution in [0.3, 0.4) is 0 Å². The normalized spacial score (nSPS) is 36.2. The molecule has 1 unspecified atom stereocenters. The van der Waals surface area contributed by atoms with E-state index in [0.717, 1.165) is 5.41 Å². The predicted molar refractivity (Wildman–Crippen MR) is 48.9 cm³/mol. The summed E-state index contributed by atoms with van der Waals surface area (Å²) in [6.45, 7) is 0. The summed E-state index contributed by atoms with van der Waals surface area (Å²) in [5.41, 5.74) is 0.720. The van der Waals surface area contributed by atoms with E-state index in [0.29, 0.717) is 5.82 Å². The van der Waals surface area contributed by atoms with Crippen molar-refractivity contribution in [1.29, 1.82) is 0 Å². The van der Waals surface area contributed by atoms with Gasteiger partial charge >= 0.3 is 0 Å². The summed E-state index contributed by atoms with van der Waals surface area (Å²) in [7, 11) is 5.94. The topological polar surface area (TPSA) is 0 Å². The first-order valence-corrected chi connectivity index (χ1v) is 5.06. The highest BCUT2D eigenvalue weighted by Gasteiger charge is 2.37. The molecule has 60 valence electrons. The minimum Gasteiger partial charge on any atom is -0.0768 e. The first-order valence-electron chi connectivity index (χ1n) is 5.06. The van der Waals surface area contributed by atoms with E-state index in [4.69, 9.17) is 7.85 Å². The highest BCUT2D eigenvalue weighted by Crippen LogP contribution is 2.52. The molecule has 0 aliphatic heterocycles. The van der Waals surface area contributed by atoms with Crippen LogP contribution in [0.2, 0.25) is 5.82 Å². The van der Waals surface area contributed by atoms with Gasteiger partial charge in [0.25, 0.3) is 0 Å². The van der Waals surface area contributed by atoms with Crippen LogP contribution in [0.15, 0.2) is 0 Å². The Morgan fingerprint density at radius 1 is 1.00 bits per heavy atom. The number of hydrogen-bond donors (Lipinski definition) is 0. The molecule has 2 radical (unpaired) electrons. The third-order valence-electron chi connectivity index (χ3n) is 3.65. The zero-order valence-corrected chi connectivity index (χ0v) is 7.31. The first kappa shape index (κ1) is 7.70. The quantitative estimate of drug-likeness (QED) is 0.463. The Kier molecular flexibility index (Phi) is 1.99. The molecule has 0 aromatic carbocycles. The van der Waals surface area contributed by atoms with E-state index < -0.39 is 0 Å². The van der Waals surface area contributed by atoms with Crippen LogP contribution in [0.5, 0.6) is 0 Å². The molecule has 2 aliphatic rings. The Morgan fingerprint density at radius 2 is 1.73 bits per heavy atom. The van der Waals surface area contributed by atoms with Crippen molar-refractivity contribution in [3.05, 3.63) is 0 Å². The van der Waals surface area contributed by atoms with Gasteiger partial charge in [-0.15, -0.1) is 0 Å². The molecule has 2 fully saturated rings. The van der Waals surface area contributed by atoms with Crippen LogP contribution in [0.4, 0.5) is 0 Å². The van der Waals surface area contributed by atoms with Crippen LogP contribution in [-0.2, 0) is 0 Å². The molecule has 0 amide bonds. The lowest BCUT2D eigenvalue weighted by atomic mass is 9.71. The summed E-state index contributed by atoms with van der Waals surface area (Å²) in [5.74, 6) is 0.535. The van der Waals surface area contributed by atoms with Crippen LogP contribution in [-0.4, -0.2) is 7.85 Å². The lowest BCUT2D eigenvalue weighted by molar-refractivity contribution is 0.197. The maximum atomic E-state index is 5.94. The average Bonchev–Trinajstić information content (AvgIpc) is 2.34. The third-order valence-corrected chi connectivity index (χ3v) is 3.65. The maximum absolute atomic E-state index is 5.94.